The Hall–Kier alpha value is -1.87. The minimum absolute atomic E-state index is 0.0950. The fraction of sp³-hybridized carbons (Fsp3) is 0.857. The second-order valence-electron chi connectivity index (χ2n) is 9.27. The van der Waals surface area contributed by atoms with E-state index in [0.29, 0.717) is 32.4 Å². The second kappa shape index (κ2) is 10.4. The van der Waals surface area contributed by atoms with E-state index in [-0.39, 0.29) is 17.7 Å². The topological polar surface area (TPSA) is 128 Å². The molecule has 9 nitrogen and oxygen atoms in total. The Morgan fingerprint density at radius 3 is 2.53 bits per heavy atom. The Labute approximate surface area is 178 Å². The zero-order chi connectivity index (χ0) is 22.5. The number of unbranched alkanes of at least 4 members (excludes halogenated alkanes) is 1. The summed E-state index contributed by atoms with van der Waals surface area (Å²) in [4.78, 5) is 38.7. The van der Waals surface area contributed by atoms with Gasteiger partial charge in [0.25, 0.3) is 0 Å². The molecule has 1 saturated heterocycles. The summed E-state index contributed by atoms with van der Waals surface area (Å²) in [6.07, 6.45) is 1.99. The first-order chi connectivity index (χ1) is 14.1. The number of aliphatic hydroxyl groups is 2. The molecule has 1 aliphatic heterocycles. The maximum absolute atomic E-state index is 12.8. The van der Waals surface area contributed by atoms with Gasteiger partial charge in [0.15, 0.2) is 0 Å². The quantitative estimate of drug-likeness (QED) is 0.403. The molecule has 0 aromatic rings. The Balaban J connectivity index is 1.89. The van der Waals surface area contributed by atoms with Crippen LogP contribution in [0.5, 0.6) is 0 Å². The van der Waals surface area contributed by atoms with Crippen LogP contribution in [0.15, 0.2) is 0 Å². The Kier molecular flexibility index (Phi) is 8.49. The van der Waals surface area contributed by atoms with Gasteiger partial charge in [-0.2, -0.15) is 0 Å². The van der Waals surface area contributed by atoms with Crippen LogP contribution in [0.3, 0.4) is 0 Å². The molecule has 5 atom stereocenters. The number of amides is 3. The van der Waals surface area contributed by atoms with Crippen LogP contribution in [-0.2, 0) is 14.3 Å². The Morgan fingerprint density at radius 2 is 1.93 bits per heavy atom. The highest BCUT2D eigenvalue weighted by atomic mass is 16.6. The highest BCUT2D eigenvalue weighted by Crippen LogP contribution is 2.42. The molecule has 0 radical (unpaired) electrons. The van der Waals surface area contributed by atoms with Crippen molar-refractivity contribution in [2.24, 2.45) is 11.8 Å². The molecule has 2 aliphatic rings. The highest BCUT2D eigenvalue weighted by molar-refractivity contribution is 5.86. The van der Waals surface area contributed by atoms with E-state index < -0.39 is 42.4 Å². The second-order valence-corrected chi connectivity index (χ2v) is 9.27. The average Bonchev–Trinajstić information content (AvgIpc) is 3.31. The van der Waals surface area contributed by atoms with Crippen LogP contribution < -0.4 is 10.6 Å². The van der Waals surface area contributed by atoms with Crippen LogP contribution in [0.1, 0.15) is 59.8 Å². The van der Waals surface area contributed by atoms with Gasteiger partial charge >= 0.3 is 6.09 Å². The van der Waals surface area contributed by atoms with Crippen molar-refractivity contribution in [1.29, 1.82) is 0 Å². The number of rotatable bonds is 9. The van der Waals surface area contributed by atoms with E-state index in [1.807, 2.05) is 6.92 Å². The molecule has 3 amide bonds. The van der Waals surface area contributed by atoms with E-state index in [0.717, 1.165) is 12.8 Å². The first-order valence-corrected chi connectivity index (χ1v) is 11.0. The van der Waals surface area contributed by atoms with Crippen LogP contribution >= 0.6 is 0 Å². The lowest BCUT2D eigenvalue weighted by Gasteiger charge is -2.30. The fourth-order valence-electron chi connectivity index (χ4n) is 3.81. The first-order valence-electron chi connectivity index (χ1n) is 11.0. The number of carbonyl (C=O) groups excluding carboxylic acids is 3. The minimum atomic E-state index is -1.03. The largest absolute Gasteiger partial charge is 0.444 e. The SMILES string of the molecule is CCCCNC(=O)C1CC1C(O)C(CO)NC(=O)C1CCCN1C(=O)OC(C)(C)C. The molecule has 172 valence electrons. The van der Waals surface area contributed by atoms with Gasteiger partial charge in [0.1, 0.15) is 11.6 Å². The van der Waals surface area contributed by atoms with E-state index in [1.165, 1.54) is 4.90 Å². The zero-order valence-corrected chi connectivity index (χ0v) is 18.5. The summed E-state index contributed by atoms with van der Waals surface area (Å²) in [6, 6.07) is -1.59. The van der Waals surface area contributed by atoms with Crippen LogP contribution in [0.4, 0.5) is 4.79 Å². The molecule has 2 fully saturated rings. The lowest BCUT2D eigenvalue weighted by molar-refractivity contribution is -0.127. The third kappa shape index (κ3) is 6.57. The smallest absolute Gasteiger partial charge is 0.410 e. The molecule has 9 heteroatoms. The average molecular weight is 428 g/mol. The van der Waals surface area contributed by atoms with Crippen molar-refractivity contribution >= 4 is 17.9 Å². The summed E-state index contributed by atoms with van der Waals surface area (Å²) in [5, 5.41) is 25.8. The predicted molar refractivity (Wildman–Crippen MR) is 111 cm³/mol. The van der Waals surface area contributed by atoms with Gasteiger partial charge in [-0.15, -0.1) is 0 Å². The van der Waals surface area contributed by atoms with Gasteiger partial charge in [0.2, 0.25) is 11.8 Å². The van der Waals surface area contributed by atoms with Crippen molar-refractivity contribution in [3.63, 3.8) is 0 Å². The van der Waals surface area contributed by atoms with Crippen LogP contribution in [0.2, 0.25) is 0 Å². The maximum Gasteiger partial charge on any atom is 0.410 e. The predicted octanol–water partition coefficient (Wildman–Crippen LogP) is 0.776. The normalized spacial score (nSPS) is 25.4. The van der Waals surface area contributed by atoms with Crippen LogP contribution in [0, 0.1) is 11.8 Å². The molecule has 0 bridgehead atoms. The molecule has 0 spiro atoms. The number of nitrogens with one attached hydrogen (secondary N) is 2. The summed E-state index contributed by atoms with van der Waals surface area (Å²) in [7, 11) is 0. The molecule has 1 aliphatic carbocycles. The molecule has 1 heterocycles. The standard InChI is InChI=1S/C21H37N3O6/c1-5-6-9-22-18(27)14-11-13(14)17(26)15(12-25)23-19(28)16-8-7-10-24(16)20(29)30-21(2,3)4/h13-17,25-26H,5-12H2,1-4H3,(H,22,27)(H,23,28). The van der Waals surface area contributed by atoms with Gasteiger partial charge in [-0.3, -0.25) is 14.5 Å². The summed E-state index contributed by atoms with van der Waals surface area (Å²) in [5.41, 5.74) is -0.663. The fourth-order valence-corrected chi connectivity index (χ4v) is 3.81. The highest BCUT2D eigenvalue weighted by Gasteiger charge is 2.50. The van der Waals surface area contributed by atoms with Gasteiger partial charge in [-0.05, 0) is 52.4 Å². The minimum Gasteiger partial charge on any atom is -0.444 e. The first kappa shape index (κ1) is 24.4. The van der Waals surface area contributed by atoms with Gasteiger partial charge in [0.05, 0.1) is 18.8 Å². The van der Waals surface area contributed by atoms with Gasteiger partial charge in [-0.1, -0.05) is 13.3 Å². The summed E-state index contributed by atoms with van der Waals surface area (Å²) in [5.74, 6) is -1.12. The number of carbonyl (C=O) groups is 3. The molecule has 30 heavy (non-hydrogen) atoms. The summed E-state index contributed by atoms with van der Waals surface area (Å²) < 4.78 is 5.37. The van der Waals surface area contributed by atoms with Gasteiger partial charge in [-0.25, -0.2) is 4.79 Å². The number of ether oxygens (including phenoxy) is 1. The molecule has 4 N–H and O–H groups in total. The van der Waals surface area contributed by atoms with Crippen molar-refractivity contribution in [1.82, 2.24) is 15.5 Å². The summed E-state index contributed by atoms with van der Waals surface area (Å²) >= 11 is 0. The van der Waals surface area contributed by atoms with E-state index >= 15 is 0 Å². The Bertz CT molecular complexity index is 620. The lowest BCUT2D eigenvalue weighted by atomic mass is 10.0. The molecular formula is C21H37N3O6. The van der Waals surface area contributed by atoms with Crippen molar-refractivity contribution in [3.05, 3.63) is 0 Å². The van der Waals surface area contributed by atoms with Gasteiger partial charge in [0, 0.05) is 19.0 Å². The van der Waals surface area contributed by atoms with E-state index in [1.54, 1.807) is 20.8 Å². The van der Waals surface area contributed by atoms with Crippen LogP contribution in [-0.4, -0.2) is 76.5 Å². The van der Waals surface area contributed by atoms with E-state index in [9.17, 15) is 24.6 Å². The number of nitrogens with zero attached hydrogens (tertiary/aromatic N) is 1. The van der Waals surface area contributed by atoms with Crippen LogP contribution in [0.25, 0.3) is 0 Å². The molecule has 0 aromatic carbocycles. The Morgan fingerprint density at radius 1 is 1.23 bits per heavy atom. The zero-order valence-electron chi connectivity index (χ0n) is 18.5. The van der Waals surface area contributed by atoms with E-state index in [2.05, 4.69) is 10.6 Å². The molecule has 1 saturated carbocycles. The lowest BCUT2D eigenvalue weighted by Crippen LogP contribution is -2.54. The number of aliphatic hydroxyl groups excluding tert-OH is 2. The van der Waals surface area contributed by atoms with E-state index in [4.69, 9.17) is 4.74 Å². The molecule has 2 rings (SSSR count). The van der Waals surface area contributed by atoms with Crippen molar-refractivity contribution in [3.8, 4) is 0 Å². The van der Waals surface area contributed by atoms with Gasteiger partial charge < -0.3 is 25.6 Å². The molecule has 5 unspecified atom stereocenters. The maximum atomic E-state index is 12.8. The number of likely N-dealkylation sites (tertiary alicyclic amines) is 1. The molecular weight excluding hydrogens is 390 g/mol. The third-order valence-electron chi connectivity index (χ3n) is 5.56. The molecule has 0 aromatic heterocycles. The van der Waals surface area contributed by atoms with Crippen molar-refractivity contribution < 1.29 is 29.3 Å². The van der Waals surface area contributed by atoms with Crippen molar-refractivity contribution in [2.75, 3.05) is 19.7 Å². The third-order valence-corrected chi connectivity index (χ3v) is 5.56. The van der Waals surface area contributed by atoms with Crippen molar-refractivity contribution in [2.45, 2.75) is 83.6 Å². The number of hydrogen-bond donors (Lipinski definition) is 4. The summed E-state index contributed by atoms with van der Waals surface area (Å²) in [6.45, 7) is 7.90. The monoisotopic (exact) mass is 427 g/mol. The number of hydrogen-bond acceptors (Lipinski definition) is 6.